The molecule has 17 heavy (non-hydrogen) atoms. The molecule has 0 amide bonds. The molecule has 1 aromatic rings. The van der Waals surface area contributed by atoms with Crippen LogP contribution in [0.2, 0.25) is 0 Å². The van der Waals surface area contributed by atoms with Crippen LogP contribution in [0.5, 0.6) is 0 Å². The Morgan fingerprint density at radius 3 is 3.24 bits per heavy atom. The number of aromatic nitrogens is 2. The van der Waals surface area contributed by atoms with Crippen molar-refractivity contribution in [1.29, 1.82) is 0 Å². The average molecular weight is 254 g/mol. The van der Waals surface area contributed by atoms with Gasteiger partial charge in [-0.1, -0.05) is 19.1 Å². The minimum Gasteiger partial charge on any atom is -0.387 e. The molecule has 2 rings (SSSR count). The second-order valence-electron chi connectivity index (χ2n) is 4.15. The van der Waals surface area contributed by atoms with E-state index in [1.54, 1.807) is 6.20 Å². The van der Waals surface area contributed by atoms with Gasteiger partial charge in [-0.2, -0.15) is 0 Å². The van der Waals surface area contributed by atoms with Crippen LogP contribution in [-0.2, 0) is 11.3 Å². The normalized spacial score (nSPS) is 21.6. The van der Waals surface area contributed by atoms with Crippen LogP contribution in [0.15, 0.2) is 12.4 Å². The molecule has 0 spiro atoms. The topological polar surface area (TPSA) is 56.3 Å². The standard InChI is InChI=1S/C11H18N4OS/c1-2-14-5-6-16-9(7-14)8-15-4-3-13-11(15)10(12)17/h3-4,9H,2,5-8H2,1H3,(H2,12,17). The molecule has 1 atom stereocenters. The molecule has 1 fully saturated rings. The van der Waals surface area contributed by atoms with E-state index in [1.807, 2.05) is 10.8 Å². The number of likely N-dealkylation sites (N-methyl/N-ethyl adjacent to an activating group) is 1. The minimum absolute atomic E-state index is 0.186. The van der Waals surface area contributed by atoms with Crippen LogP contribution in [-0.4, -0.2) is 51.8 Å². The van der Waals surface area contributed by atoms with Gasteiger partial charge in [-0.15, -0.1) is 0 Å². The maximum atomic E-state index is 5.74. The van der Waals surface area contributed by atoms with Gasteiger partial charge < -0.3 is 15.0 Å². The largest absolute Gasteiger partial charge is 0.387 e. The number of hydrogen-bond donors (Lipinski definition) is 1. The molecule has 0 aromatic carbocycles. The third-order valence-electron chi connectivity index (χ3n) is 3.01. The van der Waals surface area contributed by atoms with E-state index in [0.29, 0.717) is 10.8 Å². The molecule has 0 radical (unpaired) electrons. The van der Waals surface area contributed by atoms with Gasteiger partial charge in [0.2, 0.25) is 0 Å². The third-order valence-corrected chi connectivity index (χ3v) is 3.19. The fraction of sp³-hybridized carbons (Fsp3) is 0.636. The van der Waals surface area contributed by atoms with Crippen molar-refractivity contribution in [1.82, 2.24) is 14.5 Å². The molecule has 1 aliphatic rings. The van der Waals surface area contributed by atoms with E-state index in [-0.39, 0.29) is 6.10 Å². The van der Waals surface area contributed by atoms with Gasteiger partial charge in [0.15, 0.2) is 5.82 Å². The Hall–Kier alpha value is -0.980. The van der Waals surface area contributed by atoms with E-state index < -0.39 is 0 Å². The van der Waals surface area contributed by atoms with Gasteiger partial charge in [0.25, 0.3) is 0 Å². The van der Waals surface area contributed by atoms with Gasteiger partial charge in [0, 0.05) is 25.5 Å². The summed E-state index contributed by atoms with van der Waals surface area (Å²) in [4.78, 5) is 6.86. The Morgan fingerprint density at radius 1 is 1.71 bits per heavy atom. The molecule has 0 aliphatic carbocycles. The van der Waals surface area contributed by atoms with Crippen LogP contribution >= 0.6 is 12.2 Å². The molecular formula is C11H18N4OS. The van der Waals surface area contributed by atoms with E-state index in [9.17, 15) is 0 Å². The lowest BCUT2D eigenvalue weighted by Crippen LogP contribution is -2.44. The fourth-order valence-corrected chi connectivity index (χ4v) is 2.25. The smallest absolute Gasteiger partial charge is 0.167 e. The number of ether oxygens (including phenoxy) is 1. The number of nitrogens with zero attached hydrogens (tertiary/aromatic N) is 3. The molecule has 1 unspecified atom stereocenters. The first kappa shape index (κ1) is 12.5. The summed E-state index contributed by atoms with van der Waals surface area (Å²) in [6.07, 6.45) is 3.79. The minimum atomic E-state index is 0.186. The highest BCUT2D eigenvalue weighted by Crippen LogP contribution is 2.09. The summed E-state index contributed by atoms with van der Waals surface area (Å²) < 4.78 is 7.71. The van der Waals surface area contributed by atoms with E-state index >= 15 is 0 Å². The van der Waals surface area contributed by atoms with Gasteiger partial charge in [-0.05, 0) is 6.54 Å². The monoisotopic (exact) mass is 254 g/mol. The number of hydrogen-bond acceptors (Lipinski definition) is 4. The molecular weight excluding hydrogens is 236 g/mol. The van der Waals surface area contributed by atoms with Crippen LogP contribution in [0.1, 0.15) is 12.7 Å². The molecule has 6 heteroatoms. The lowest BCUT2D eigenvalue weighted by atomic mass is 10.2. The van der Waals surface area contributed by atoms with Crippen molar-refractivity contribution in [3.05, 3.63) is 18.2 Å². The summed E-state index contributed by atoms with van der Waals surface area (Å²) in [6, 6.07) is 0. The van der Waals surface area contributed by atoms with Crippen LogP contribution in [0.25, 0.3) is 0 Å². The number of thiocarbonyl (C=S) groups is 1. The zero-order valence-corrected chi connectivity index (χ0v) is 10.8. The second kappa shape index (κ2) is 5.57. The van der Waals surface area contributed by atoms with Crippen molar-refractivity contribution in [3.8, 4) is 0 Å². The summed E-state index contributed by atoms with van der Waals surface area (Å²) in [5.41, 5.74) is 5.61. The highest BCUT2D eigenvalue weighted by Gasteiger charge is 2.20. The number of rotatable bonds is 4. The molecule has 2 N–H and O–H groups in total. The Kier molecular flexibility index (Phi) is 4.09. The fourth-order valence-electron chi connectivity index (χ4n) is 2.08. The Bertz CT molecular complexity index is 393. The molecule has 1 aliphatic heterocycles. The summed E-state index contributed by atoms with van der Waals surface area (Å²) in [6.45, 7) is 6.73. The first-order valence-electron chi connectivity index (χ1n) is 5.85. The third kappa shape index (κ3) is 3.02. The van der Waals surface area contributed by atoms with Crippen molar-refractivity contribution < 1.29 is 4.74 Å². The predicted octanol–water partition coefficient (Wildman–Crippen LogP) is 0.238. The zero-order chi connectivity index (χ0) is 12.3. The SMILES string of the molecule is CCN1CCOC(Cn2ccnc2C(N)=S)C1. The molecule has 1 saturated heterocycles. The number of morpholine rings is 1. The van der Waals surface area contributed by atoms with Gasteiger partial charge in [0.1, 0.15) is 4.99 Å². The molecule has 0 saturated carbocycles. The van der Waals surface area contributed by atoms with Crippen molar-refractivity contribution in [2.45, 2.75) is 19.6 Å². The van der Waals surface area contributed by atoms with Crippen molar-refractivity contribution in [2.75, 3.05) is 26.2 Å². The van der Waals surface area contributed by atoms with Crippen LogP contribution < -0.4 is 5.73 Å². The average Bonchev–Trinajstić information content (AvgIpc) is 2.77. The second-order valence-corrected chi connectivity index (χ2v) is 4.59. The number of nitrogens with two attached hydrogens (primary N) is 1. The summed E-state index contributed by atoms with van der Waals surface area (Å²) in [5.74, 6) is 0.664. The van der Waals surface area contributed by atoms with Crippen molar-refractivity contribution >= 4 is 17.2 Å². The highest BCUT2D eigenvalue weighted by molar-refractivity contribution is 7.80. The quantitative estimate of drug-likeness (QED) is 0.780. The summed E-state index contributed by atoms with van der Waals surface area (Å²) in [7, 11) is 0. The van der Waals surface area contributed by atoms with E-state index in [4.69, 9.17) is 22.7 Å². The predicted molar refractivity (Wildman–Crippen MR) is 70.0 cm³/mol. The molecule has 1 aromatic heterocycles. The van der Waals surface area contributed by atoms with Gasteiger partial charge in [0.05, 0.1) is 19.3 Å². The Balaban J connectivity index is 2.00. The van der Waals surface area contributed by atoms with E-state index in [1.165, 1.54) is 0 Å². The summed E-state index contributed by atoms with van der Waals surface area (Å²) in [5, 5.41) is 0. The first-order chi connectivity index (χ1) is 8.20. The summed E-state index contributed by atoms with van der Waals surface area (Å²) >= 11 is 4.96. The molecule has 0 bridgehead atoms. The van der Waals surface area contributed by atoms with E-state index in [2.05, 4.69) is 16.8 Å². The zero-order valence-electron chi connectivity index (χ0n) is 10.0. The molecule has 5 nitrogen and oxygen atoms in total. The first-order valence-corrected chi connectivity index (χ1v) is 6.26. The number of imidazole rings is 1. The van der Waals surface area contributed by atoms with Crippen molar-refractivity contribution in [3.63, 3.8) is 0 Å². The molecule has 94 valence electrons. The van der Waals surface area contributed by atoms with Gasteiger partial charge in [-0.25, -0.2) is 4.98 Å². The van der Waals surface area contributed by atoms with Gasteiger partial charge in [-0.3, -0.25) is 4.90 Å². The highest BCUT2D eigenvalue weighted by atomic mass is 32.1. The Labute approximate surface area is 107 Å². The van der Waals surface area contributed by atoms with Crippen LogP contribution in [0.4, 0.5) is 0 Å². The molecule has 2 heterocycles. The van der Waals surface area contributed by atoms with Crippen LogP contribution in [0.3, 0.4) is 0 Å². The van der Waals surface area contributed by atoms with E-state index in [0.717, 1.165) is 32.8 Å². The van der Waals surface area contributed by atoms with Crippen LogP contribution in [0, 0.1) is 0 Å². The van der Waals surface area contributed by atoms with Crippen molar-refractivity contribution in [2.24, 2.45) is 5.73 Å². The Morgan fingerprint density at radius 2 is 2.53 bits per heavy atom. The lowest BCUT2D eigenvalue weighted by Gasteiger charge is -2.32. The maximum Gasteiger partial charge on any atom is 0.167 e. The maximum absolute atomic E-state index is 5.74. The van der Waals surface area contributed by atoms with Gasteiger partial charge >= 0.3 is 0 Å². The lowest BCUT2D eigenvalue weighted by molar-refractivity contribution is -0.0343.